The number of Topliss-reactive ketones (excluding diaryl/α,β-unsaturated/α-hetero) is 2. The van der Waals surface area contributed by atoms with E-state index in [-0.39, 0.29) is 24.2 Å². The Morgan fingerprint density at radius 2 is 1.92 bits per heavy atom. The molecule has 1 aromatic carbocycles. The van der Waals surface area contributed by atoms with Crippen LogP contribution in [0.25, 0.3) is 0 Å². The van der Waals surface area contributed by atoms with E-state index in [1.165, 1.54) is 23.3 Å². The van der Waals surface area contributed by atoms with Crippen molar-refractivity contribution in [3.63, 3.8) is 0 Å². The van der Waals surface area contributed by atoms with Crippen molar-refractivity contribution in [3.8, 4) is 0 Å². The number of likely N-dealkylation sites (tertiary alicyclic amines) is 1. The van der Waals surface area contributed by atoms with Crippen molar-refractivity contribution in [3.05, 3.63) is 59.3 Å². The Morgan fingerprint density at radius 3 is 2.52 bits per heavy atom. The summed E-state index contributed by atoms with van der Waals surface area (Å²) in [4.78, 5) is 38.3. The summed E-state index contributed by atoms with van der Waals surface area (Å²) in [5.74, 6) is -3.09. The molecule has 2 aromatic rings. The van der Waals surface area contributed by atoms with E-state index < -0.39 is 23.4 Å². The summed E-state index contributed by atoms with van der Waals surface area (Å²) >= 11 is 0. The van der Waals surface area contributed by atoms with E-state index in [2.05, 4.69) is 0 Å². The predicted molar refractivity (Wildman–Crippen MR) is 87.6 cm³/mol. The third kappa shape index (κ3) is 3.24. The molecule has 0 saturated carbocycles. The second-order valence-electron chi connectivity index (χ2n) is 6.41. The third-order valence-corrected chi connectivity index (χ3v) is 4.39. The van der Waals surface area contributed by atoms with Crippen LogP contribution in [0.1, 0.15) is 35.5 Å². The molecule has 1 unspecified atom stereocenters. The first-order chi connectivity index (χ1) is 11.9. The zero-order chi connectivity index (χ0) is 18.1. The lowest BCUT2D eigenvalue weighted by atomic mass is 9.96. The summed E-state index contributed by atoms with van der Waals surface area (Å²) in [6.07, 6.45) is 1.76. The molecule has 5 nitrogen and oxygen atoms in total. The van der Waals surface area contributed by atoms with E-state index in [1.807, 2.05) is 0 Å². The van der Waals surface area contributed by atoms with Gasteiger partial charge in [0.25, 0.3) is 5.91 Å². The maximum atomic E-state index is 13.0. The monoisotopic (exact) mass is 343 g/mol. The smallest absolute Gasteiger partial charge is 0.291 e. The van der Waals surface area contributed by atoms with Crippen LogP contribution in [-0.2, 0) is 16.0 Å². The molecule has 0 radical (unpaired) electrons. The van der Waals surface area contributed by atoms with Crippen LogP contribution in [0.2, 0.25) is 0 Å². The Balaban J connectivity index is 1.82. The Labute approximate surface area is 144 Å². The summed E-state index contributed by atoms with van der Waals surface area (Å²) in [6.45, 7) is 3.67. The van der Waals surface area contributed by atoms with E-state index in [0.29, 0.717) is 12.0 Å². The standard InChI is InChI=1S/C19H18FNO4/c1-11(2)21-10-15(17(23)19(21)24)16(22)18-13(7-8-25-18)9-12-3-5-14(20)6-4-12/h3-8,11,15H,9-10H2,1-2H3. The Kier molecular flexibility index (Phi) is 4.53. The second kappa shape index (κ2) is 6.63. The molecule has 0 bridgehead atoms. The first-order valence-electron chi connectivity index (χ1n) is 8.08. The Morgan fingerprint density at radius 1 is 1.24 bits per heavy atom. The second-order valence-corrected chi connectivity index (χ2v) is 6.41. The Bertz CT molecular complexity index is 822. The van der Waals surface area contributed by atoms with Gasteiger partial charge < -0.3 is 9.32 Å². The van der Waals surface area contributed by atoms with E-state index in [1.54, 1.807) is 32.0 Å². The van der Waals surface area contributed by atoms with Crippen LogP contribution in [0.15, 0.2) is 41.0 Å². The highest BCUT2D eigenvalue weighted by molar-refractivity contribution is 6.43. The van der Waals surface area contributed by atoms with E-state index in [9.17, 15) is 18.8 Å². The first kappa shape index (κ1) is 17.1. The fraction of sp³-hybridized carbons (Fsp3) is 0.316. The van der Waals surface area contributed by atoms with Gasteiger partial charge >= 0.3 is 0 Å². The number of carbonyl (C=O) groups is 3. The normalized spacial score (nSPS) is 17.6. The van der Waals surface area contributed by atoms with Crippen molar-refractivity contribution in [2.24, 2.45) is 5.92 Å². The molecule has 6 heteroatoms. The highest BCUT2D eigenvalue weighted by atomic mass is 19.1. The fourth-order valence-electron chi connectivity index (χ4n) is 2.97. The average Bonchev–Trinajstić information content (AvgIpc) is 3.15. The predicted octanol–water partition coefficient (Wildman–Crippen LogP) is 2.63. The largest absolute Gasteiger partial charge is 0.461 e. The molecule has 3 rings (SSSR count). The number of nitrogens with zero attached hydrogens (tertiary/aromatic N) is 1. The maximum absolute atomic E-state index is 13.0. The topological polar surface area (TPSA) is 67.6 Å². The van der Waals surface area contributed by atoms with Crippen LogP contribution in [0.5, 0.6) is 0 Å². The minimum Gasteiger partial charge on any atom is -0.461 e. The van der Waals surface area contributed by atoms with E-state index in [0.717, 1.165) is 5.56 Å². The molecule has 1 amide bonds. The number of hydrogen-bond acceptors (Lipinski definition) is 4. The molecule has 0 spiro atoms. The third-order valence-electron chi connectivity index (χ3n) is 4.39. The van der Waals surface area contributed by atoms with Crippen molar-refractivity contribution in [1.82, 2.24) is 4.90 Å². The highest BCUT2D eigenvalue weighted by Gasteiger charge is 2.45. The number of ketones is 2. The van der Waals surface area contributed by atoms with Gasteiger partial charge in [0.15, 0.2) is 5.76 Å². The molecule has 0 aliphatic carbocycles. The molecule has 1 aromatic heterocycles. The zero-order valence-corrected chi connectivity index (χ0v) is 14.0. The molecule has 0 N–H and O–H groups in total. The van der Waals surface area contributed by atoms with Crippen molar-refractivity contribution in [2.75, 3.05) is 6.54 Å². The van der Waals surface area contributed by atoms with Gasteiger partial charge in [-0.05, 0) is 37.6 Å². The summed E-state index contributed by atoms with van der Waals surface area (Å²) in [7, 11) is 0. The maximum Gasteiger partial charge on any atom is 0.291 e. The summed E-state index contributed by atoms with van der Waals surface area (Å²) in [6, 6.07) is 7.44. The highest BCUT2D eigenvalue weighted by Crippen LogP contribution is 2.25. The van der Waals surface area contributed by atoms with Crippen LogP contribution in [0, 0.1) is 11.7 Å². The average molecular weight is 343 g/mol. The molecule has 1 fully saturated rings. The van der Waals surface area contributed by atoms with Gasteiger partial charge in [0.05, 0.1) is 6.26 Å². The van der Waals surface area contributed by atoms with Crippen molar-refractivity contribution < 1.29 is 23.2 Å². The van der Waals surface area contributed by atoms with Gasteiger partial charge in [-0.3, -0.25) is 14.4 Å². The number of carbonyl (C=O) groups excluding carboxylic acids is 3. The summed E-state index contributed by atoms with van der Waals surface area (Å²) < 4.78 is 18.3. The van der Waals surface area contributed by atoms with Crippen molar-refractivity contribution in [1.29, 1.82) is 0 Å². The van der Waals surface area contributed by atoms with Gasteiger partial charge in [0.2, 0.25) is 11.6 Å². The van der Waals surface area contributed by atoms with Crippen LogP contribution >= 0.6 is 0 Å². The molecule has 1 aliphatic heterocycles. The number of benzene rings is 1. The fourth-order valence-corrected chi connectivity index (χ4v) is 2.97. The molecular formula is C19H18FNO4. The van der Waals surface area contributed by atoms with Crippen molar-refractivity contribution >= 4 is 17.5 Å². The van der Waals surface area contributed by atoms with Gasteiger partial charge in [0, 0.05) is 24.6 Å². The molecule has 2 heterocycles. The minimum absolute atomic E-state index is 0.0743. The number of halogens is 1. The number of amides is 1. The van der Waals surface area contributed by atoms with Crippen molar-refractivity contribution in [2.45, 2.75) is 26.3 Å². The number of furan rings is 1. The van der Waals surface area contributed by atoms with Gasteiger partial charge in [0.1, 0.15) is 11.7 Å². The molecular weight excluding hydrogens is 325 g/mol. The number of hydrogen-bond donors (Lipinski definition) is 0. The molecule has 1 aliphatic rings. The van der Waals surface area contributed by atoms with Gasteiger partial charge in [-0.15, -0.1) is 0 Å². The molecule has 1 saturated heterocycles. The molecule has 130 valence electrons. The number of rotatable bonds is 5. The van der Waals surface area contributed by atoms with Crippen LogP contribution < -0.4 is 0 Å². The molecule has 25 heavy (non-hydrogen) atoms. The zero-order valence-electron chi connectivity index (χ0n) is 14.0. The van der Waals surface area contributed by atoms with Crippen LogP contribution in [-0.4, -0.2) is 35.0 Å². The lowest BCUT2D eigenvalue weighted by molar-refractivity contribution is -0.141. The van der Waals surface area contributed by atoms with Crippen LogP contribution in [0.3, 0.4) is 0 Å². The summed E-state index contributed by atoms with van der Waals surface area (Å²) in [5, 5.41) is 0. The SMILES string of the molecule is CC(C)N1CC(C(=O)c2occc2Cc2ccc(F)cc2)C(=O)C1=O. The quantitative estimate of drug-likeness (QED) is 0.475. The van der Waals surface area contributed by atoms with E-state index in [4.69, 9.17) is 4.42 Å². The van der Waals surface area contributed by atoms with Gasteiger partial charge in [-0.25, -0.2) is 4.39 Å². The van der Waals surface area contributed by atoms with E-state index >= 15 is 0 Å². The van der Waals surface area contributed by atoms with Gasteiger partial charge in [-0.1, -0.05) is 12.1 Å². The molecule has 1 atom stereocenters. The Hall–Kier alpha value is -2.76. The van der Waals surface area contributed by atoms with Crippen LogP contribution in [0.4, 0.5) is 4.39 Å². The van der Waals surface area contributed by atoms with Gasteiger partial charge in [-0.2, -0.15) is 0 Å². The lowest BCUT2D eigenvalue weighted by Gasteiger charge is -2.19. The lowest BCUT2D eigenvalue weighted by Crippen LogP contribution is -2.33. The summed E-state index contributed by atoms with van der Waals surface area (Å²) in [5.41, 5.74) is 1.43. The minimum atomic E-state index is -1.03. The first-order valence-corrected chi connectivity index (χ1v) is 8.08.